The highest BCUT2D eigenvalue weighted by molar-refractivity contribution is 7.92. The fourth-order valence-corrected chi connectivity index (χ4v) is 6.34. The van der Waals surface area contributed by atoms with E-state index in [0.29, 0.717) is 5.69 Å². The molecule has 2 amide bonds. The van der Waals surface area contributed by atoms with E-state index in [4.69, 9.17) is 0 Å². The quantitative estimate of drug-likeness (QED) is 0.199. The minimum atomic E-state index is -4.12. The molecule has 0 saturated heterocycles. The zero-order chi connectivity index (χ0) is 31.7. The van der Waals surface area contributed by atoms with E-state index in [0.717, 1.165) is 33.0 Å². The van der Waals surface area contributed by atoms with Crippen LogP contribution >= 0.6 is 0 Å². The number of amides is 2. The Morgan fingerprint density at radius 1 is 0.773 bits per heavy atom. The third-order valence-corrected chi connectivity index (χ3v) is 9.43. The van der Waals surface area contributed by atoms with Crippen LogP contribution in [-0.4, -0.2) is 43.8 Å². The smallest absolute Gasteiger partial charge is 0.264 e. The largest absolute Gasteiger partial charge is 0.352 e. The Morgan fingerprint density at radius 2 is 1.41 bits per heavy atom. The molecule has 1 N–H and O–H groups in total. The van der Waals surface area contributed by atoms with Gasteiger partial charge in [-0.15, -0.1) is 0 Å². The second-order valence-corrected chi connectivity index (χ2v) is 13.1. The summed E-state index contributed by atoms with van der Waals surface area (Å²) >= 11 is 0. The van der Waals surface area contributed by atoms with Crippen LogP contribution in [-0.2, 0) is 32.6 Å². The summed E-state index contributed by atoms with van der Waals surface area (Å²) in [6.07, 6.45) is 1.00. The topological polar surface area (TPSA) is 86.8 Å². The summed E-state index contributed by atoms with van der Waals surface area (Å²) in [5, 5.41) is 3.06. The van der Waals surface area contributed by atoms with Crippen molar-refractivity contribution in [1.29, 1.82) is 0 Å². The van der Waals surface area contributed by atoms with Crippen LogP contribution in [0.15, 0.2) is 114 Å². The van der Waals surface area contributed by atoms with Gasteiger partial charge in [-0.25, -0.2) is 8.42 Å². The summed E-state index contributed by atoms with van der Waals surface area (Å²) in [6.45, 7) is 7.43. The van der Waals surface area contributed by atoms with E-state index in [-0.39, 0.29) is 29.8 Å². The van der Waals surface area contributed by atoms with E-state index in [1.54, 1.807) is 36.4 Å². The second-order valence-electron chi connectivity index (χ2n) is 11.2. The number of benzene rings is 4. The Balaban J connectivity index is 1.80. The molecule has 0 unspecified atom stereocenters. The van der Waals surface area contributed by atoms with Crippen molar-refractivity contribution in [2.75, 3.05) is 10.8 Å². The predicted octanol–water partition coefficient (Wildman–Crippen LogP) is 6.05. The fraction of sp³-hybridized carbons (Fsp3) is 0.278. The van der Waals surface area contributed by atoms with Crippen LogP contribution < -0.4 is 9.62 Å². The molecule has 0 saturated carbocycles. The molecule has 8 heteroatoms. The minimum Gasteiger partial charge on any atom is -0.352 e. The summed E-state index contributed by atoms with van der Waals surface area (Å²) in [6, 6.07) is 31.5. The van der Waals surface area contributed by atoms with Crippen LogP contribution in [0.4, 0.5) is 5.69 Å². The summed E-state index contributed by atoms with van der Waals surface area (Å²) in [5.41, 5.74) is 4.04. The molecule has 4 rings (SSSR count). The van der Waals surface area contributed by atoms with Crippen LogP contribution in [0, 0.1) is 13.8 Å². The molecule has 4 aromatic carbocycles. The van der Waals surface area contributed by atoms with Crippen LogP contribution in [0.5, 0.6) is 0 Å². The van der Waals surface area contributed by atoms with E-state index in [2.05, 4.69) is 5.32 Å². The molecule has 0 aliphatic rings. The molecule has 7 nitrogen and oxygen atoms in total. The first-order valence-corrected chi connectivity index (χ1v) is 16.4. The third kappa shape index (κ3) is 8.35. The number of hydrogen-bond acceptors (Lipinski definition) is 4. The molecule has 230 valence electrons. The normalized spacial score (nSPS) is 12.6. The maximum atomic E-state index is 14.5. The van der Waals surface area contributed by atoms with Gasteiger partial charge in [-0.1, -0.05) is 97.4 Å². The van der Waals surface area contributed by atoms with Gasteiger partial charge in [-0.05, 0) is 68.1 Å². The van der Waals surface area contributed by atoms with Crippen LogP contribution in [0.3, 0.4) is 0 Å². The van der Waals surface area contributed by atoms with Gasteiger partial charge in [0.25, 0.3) is 10.0 Å². The third-order valence-electron chi connectivity index (χ3n) is 7.65. The molecule has 0 aliphatic carbocycles. The van der Waals surface area contributed by atoms with Crippen molar-refractivity contribution in [2.24, 2.45) is 0 Å². The van der Waals surface area contributed by atoms with Gasteiger partial charge in [0, 0.05) is 19.0 Å². The number of aryl methyl sites for hydroxylation is 2. The molecule has 0 bridgehead atoms. The highest BCUT2D eigenvalue weighted by Gasteiger charge is 2.35. The van der Waals surface area contributed by atoms with Crippen LogP contribution in [0.2, 0.25) is 0 Å². The van der Waals surface area contributed by atoms with Crippen molar-refractivity contribution in [3.05, 3.63) is 131 Å². The Morgan fingerprint density at radius 3 is 2.02 bits per heavy atom. The van der Waals surface area contributed by atoms with Gasteiger partial charge in [0.2, 0.25) is 11.8 Å². The number of sulfonamides is 1. The van der Waals surface area contributed by atoms with Crippen molar-refractivity contribution in [3.8, 4) is 0 Å². The molecule has 2 atom stereocenters. The van der Waals surface area contributed by atoms with Gasteiger partial charge >= 0.3 is 0 Å². The van der Waals surface area contributed by atoms with Gasteiger partial charge in [0.1, 0.15) is 12.6 Å². The molecule has 0 aromatic heterocycles. The Bertz CT molecular complexity index is 1640. The Kier molecular flexibility index (Phi) is 11.0. The van der Waals surface area contributed by atoms with Crippen LogP contribution in [0.1, 0.15) is 42.5 Å². The molecule has 0 aliphatic heterocycles. The minimum absolute atomic E-state index is 0.0785. The van der Waals surface area contributed by atoms with E-state index >= 15 is 0 Å². The highest BCUT2D eigenvalue weighted by Crippen LogP contribution is 2.26. The lowest BCUT2D eigenvalue weighted by Crippen LogP contribution is -2.54. The monoisotopic (exact) mass is 611 g/mol. The number of nitrogens with one attached hydrogen (secondary N) is 1. The summed E-state index contributed by atoms with van der Waals surface area (Å²) in [4.78, 5) is 30.0. The molecule has 0 radical (unpaired) electrons. The number of hydrogen-bond donors (Lipinski definition) is 1. The van der Waals surface area contributed by atoms with E-state index < -0.39 is 28.5 Å². The molecule has 0 spiro atoms. The van der Waals surface area contributed by atoms with E-state index in [9.17, 15) is 18.0 Å². The molecule has 0 heterocycles. The average Bonchev–Trinajstić information content (AvgIpc) is 3.03. The van der Waals surface area contributed by atoms with Crippen LogP contribution in [0.25, 0.3) is 0 Å². The summed E-state index contributed by atoms with van der Waals surface area (Å²) in [5.74, 6) is -0.761. The van der Waals surface area contributed by atoms with Gasteiger partial charge in [-0.3, -0.25) is 13.9 Å². The summed E-state index contributed by atoms with van der Waals surface area (Å²) < 4.78 is 29.3. The number of anilines is 1. The molecular weight excluding hydrogens is 570 g/mol. The van der Waals surface area contributed by atoms with Gasteiger partial charge in [0.15, 0.2) is 0 Å². The first-order valence-electron chi connectivity index (χ1n) is 14.9. The standard InChI is InChI=1S/C36H41N3O4S/c1-5-29(4)37-36(41)34(24-30-14-8-6-9-15-30)38(25-31-21-19-27(2)20-22-31)35(40)26-39(32-16-12-13-28(3)23-32)44(42,43)33-17-10-7-11-18-33/h6-23,29,34H,5,24-26H2,1-4H3,(H,37,41)/t29-,34+/m1/s1. The Labute approximate surface area is 261 Å². The average molecular weight is 612 g/mol. The predicted molar refractivity (Wildman–Crippen MR) is 176 cm³/mol. The lowest BCUT2D eigenvalue weighted by atomic mass is 10.0. The highest BCUT2D eigenvalue weighted by atomic mass is 32.2. The Hall–Kier alpha value is -4.43. The zero-order valence-corrected chi connectivity index (χ0v) is 26.6. The zero-order valence-electron chi connectivity index (χ0n) is 25.8. The van der Waals surface area contributed by atoms with E-state index in [1.807, 2.05) is 88.4 Å². The number of nitrogens with zero attached hydrogens (tertiary/aromatic N) is 2. The van der Waals surface area contributed by atoms with Crippen molar-refractivity contribution in [1.82, 2.24) is 10.2 Å². The first kappa shape index (κ1) is 32.5. The van der Waals surface area contributed by atoms with Crippen molar-refractivity contribution >= 4 is 27.5 Å². The maximum Gasteiger partial charge on any atom is 0.264 e. The lowest BCUT2D eigenvalue weighted by Gasteiger charge is -2.34. The fourth-order valence-electron chi connectivity index (χ4n) is 4.92. The van der Waals surface area contributed by atoms with Gasteiger partial charge in [0.05, 0.1) is 10.6 Å². The number of carbonyl (C=O) groups is 2. The van der Waals surface area contributed by atoms with E-state index in [1.165, 1.54) is 17.0 Å². The molecule has 4 aromatic rings. The number of carbonyl (C=O) groups excluding carboxylic acids is 2. The van der Waals surface area contributed by atoms with Crippen molar-refractivity contribution in [2.45, 2.75) is 64.1 Å². The van der Waals surface area contributed by atoms with Crippen molar-refractivity contribution < 1.29 is 18.0 Å². The second kappa shape index (κ2) is 14.8. The number of rotatable bonds is 13. The van der Waals surface area contributed by atoms with Crippen molar-refractivity contribution in [3.63, 3.8) is 0 Å². The molecule has 44 heavy (non-hydrogen) atoms. The molecular formula is C36H41N3O4S. The first-order chi connectivity index (χ1) is 21.1. The lowest BCUT2D eigenvalue weighted by molar-refractivity contribution is -0.140. The maximum absolute atomic E-state index is 14.5. The van der Waals surface area contributed by atoms with Gasteiger partial charge in [-0.2, -0.15) is 0 Å². The SMILES string of the molecule is CC[C@@H](C)NC(=O)[C@H](Cc1ccccc1)N(Cc1ccc(C)cc1)C(=O)CN(c1cccc(C)c1)S(=O)(=O)c1ccccc1. The molecule has 0 fully saturated rings. The summed E-state index contributed by atoms with van der Waals surface area (Å²) in [7, 11) is -4.12. The van der Waals surface area contributed by atoms with Gasteiger partial charge < -0.3 is 10.2 Å².